The third-order valence-corrected chi connectivity index (χ3v) is 5.95. The minimum atomic E-state index is -4.94. The van der Waals surface area contributed by atoms with E-state index in [1.807, 2.05) is 0 Å². The van der Waals surface area contributed by atoms with Crippen LogP contribution in [0, 0.1) is 12.7 Å². The van der Waals surface area contributed by atoms with Crippen molar-refractivity contribution in [2.75, 3.05) is 12.9 Å². The van der Waals surface area contributed by atoms with E-state index in [0.717, 1.165) is 12.3 Å². The van der Waals surface area contributed by atoms with Gasteiger partial charge in [0, 0.05) is 17.4 Å². The highest BCUT2D eigenvalue weighted by Gasteiger charge is 2.41. The summed E-state index contributed by atoms with van der Waals surface area (Å²) >= 11 is 0. The molecule has 0 spiro atoms. The lowest BCUT2D eigenvalue weighted by Crippen LogP contribution is -2.21. The number of aryl methyl sites for hydroxylation is 1. The first-order valence-electron chi connectivity index (χ1n) is 9.73. The summed E-state index contributed by atoms with van der Waals surface area (Å²) in [4.78, 5) is 11.9. The van der Waals surface area contributed by atoms with Crippen molar-refractivity contribution in [1.29, 1.82) is 0 Å². The standard InChI is InChI=1S/C22H20F4N2O4S/c1-4-32-18(29)12-28-21(22(24,25)26)19(15-6-5-13(2)17(23)11-15)20(27-28)14-7-9-16(10-8-14)33(3,30)31/h5-11H,4,12H2,1-3H3. The Balaban J connectivity index is 2.32. The van der Waals surface area contributed by atoms with Crippen LogP contribution in [0.15, 0.2) is 47.4 Å². The summed E-state index contributed by atoms with van der Waals surface area (Å²) in [6.07, 6.45) is -3.94. The maximum atomic E-state index is 14.3. The van der Waals surface area contributed by atoms with Gasteiger partial charge in [-0.15, -0.1) is 0 Å². The van der Waals surface area contributed by atoms with E-state index in [9.17, 15) is 30.8 Å². The SMILES string of the molecule is CCOC(=O)Cn1nc(-c2ccc(S(C)(=O)=O)cc2)c(-c2ccc(C)c(F)c2)c1C(F)(F)F. The molecule has 0 N–H and O–H groups in total. The molecule has 0 aliphatic carbocycles. The Kier molecular flexibility index (Phi) is 6.64. The predicted octanol–water partition coefficient (Wildman–Crippen LogP) is 4.65. The lowest BCUT2D eigenvalue weighted by atomic mass is 9.97. The zero-order valence-electron chi connectivity index (χ0n) is 17.9. The van der Waals surface area contributed by atoms with E-state index in [0.29, 0.717) is 4.68 Å². The van der Waals surface area contributed by atoms with E-state index >= 15 is 0 Å². The molecule has 0 bridgehead atoms. The van der Waals surface area contributed by atoms with Gasteiger partial charge in [0.25, 0.3) is 0 Å². The minimum absolute atomic E-state index is 0.0305. The van der Waals surface area contributed by atoms with Gasteiger partial charge in [-0.2, -0.15) is 18.3 Å². The molecule has 0 unspecified atom stereocenters. The van der Waals surface area contributed by atoms with Crippen LogP contribution in [0.4, 0.5) is 17.6 Å². The monoisotopic (exact) mass is 484 g/mol. The van der Waals surface area contributed by atoms with Crippen molar-refractivity contribution in [3.05, 3.63) is 59.5 Å². The van der Waals surface area contributed by atoms with Crippen LogP contribution in [-0.4, -0.2) is 37.0 Å². The number of carbonyl (C=O) groups excluding carboxylic acids is 1. The highest BCUT2D eigenvalue weighted by Crippen LogP contribution is 2.43. The van der Waals surface area contributed by atoms with Crippen LogP contribution in [0.3, 0.4) is 0 Å². The van der Waals surface area contributed by atoms with E-state index < -0.39 is 45.6 Å². The molecule has 0 saturated carbocycles. The quantitative estimate of drug-likeness (QED) is 0.376. The van der Waals surface area contributed by atoms with E-state index in [4.69, 9.17) is 4.74 Å². The van der Waals surface area contributed by atoms with Gasteiger partial charge in [0.2, 0.25) is 0 Å². The van der Waals surface area contributed by atoms with Crippen LogP contribution in [0.2, 0.25) is 0 Å². The van der Waals surface area contributed by atoms with Gasteiger partial charge in [-0.05, 0) is 43.2 Å². The molecule has 33 heavy (non-hydrogen) atoms. The molecular weight excluding hydrogens is 464 g/mol. The van der Waals surface area contributed by atoms with Crippen LogP contribution in [0.1, 0.15) is 18.2 Å². The zero-order valence-corrected chi connectivity index (χ0v) is 18.7. The second-order valence-corrected chi connectivity index (χ2v) is 9.31. The summed E-state index contributed by atoms with van der Waals surface area (Å²) in [6.45, 7) is 2.14. The molecule has 0 amide bonds. The van der Waals surface area contributed by atoms with E-state index in [-0.39, 0.29) is 33.9 Å². The largest absolute Gasteiger partial charge is 0.465 e. The number of benzene rings is 2. The normalized spacial score (nSPS) is 12.1. The molecule has 0 atom stereocenters. The third-order valence-electron chi connectivity index (χ3n) is 4.82. The molecule has 0 radical (unpaired) electrons. The van der Waals surface area contributed by atoms with Gasteiger partial charge in [0.1, 0.15) is 18.1 Å². The Hall–Kier alpha value is -3.21. The number of esters is 1. The number of halogens is 4. The van der Waals surface area contributed by atoms with Crippen molar-refractivity contribution in [2.24, 2.45) is 0 Å². The molecule has 11 heteroatoms. The molecule has 0 saturated heterocycles. The molecule has 3 aromatic rings. The lowest BCUT2D eigenvalue weighted by Gasteiger charge is -2.13. The number of hydrogen-bond acceptors (Lipinski definition) is 5. The Labute approximate surface area is 187 Å². The van der Waals surface area contributed by atoms with Gasteiger partial charge < -0.3 is 4.74 Å². The van der Waals surface area contributed by atoms with Crippen LogP contribution in [0.5, 0.6) is 0 Å². The van der Waals surface area contributed by atoms with Crippen molar-refractivity contribution >= 4 is 15.8 Å². The predicted molar refractivity (Wildman–Crippen MR) is 113 cm³/mol. The Morgan fingerprint density at radius 2 is 1.70 bits per heavy atom. The molecule has 6 nitrogen and oxygen atoms in total. The molecule has 176 valence electrons. The van der Waals surface area contributed by atoms with Gasteiger partial charge >= 0.3 is 12.1 Å². The summed E-state index contributed by atoms with van der Waals surface area (Å²) in [5.41, 5.74) is -1.56. The average molecular weight is 484 g/mol. The van der Waals surface area contributed by atoms with Crippen molar-refractivity contribution in [3.8, 4) is 22.4 Å². The highest BCUT2D eigenvalue weighted by atomic mass is 32.2. The molecule has 3 rings (SSSR count). The average Bonchev–Trinajstić information content (AvgIpc) is 3.09. The van der Waals surface area contributed by atoms with Gasteiger partial charge in [0.15, 0.2) is 15.5 Å². The van der Waals surface area contributed by atoms with Crippen LogP contribution >= 0.6 is 0 Å². The van der Waals surface area contributed by atoms with Crippen molar-refractivity contribution in [2.45, 2.75) is 31.5 Å². The van der Waals surface area contributed by atoms with E-state index in [1.165, 1.54) is 50.2 Å². The molecule has 0 aliphatic rings. The fourth-order valence-corrected chi connectivity index (χ4v) is 3.91. The number of nitrogens with zero attached hydrogens (tertiary/aromatic N) is 2. The number of sulfone groups is 1. The Bertz CT molecular complexity index is 1300. The number of aromatic nitrogens is 2. The Morgan fingerprint density at radius 3 is 2.21 bits per heavy atom. The van der Waals surface area contributed by atoms with Crippen molar-refractivity contribution in [3.63, 3.8) is 0 Å². The van der Waals surface area contributed by atoms with Crippen LogP contribution < -0.4 is 0 Å². The molecular formula is C22H20F4N2O4S. The number of ether oxygens (including phenoxy) is 1. The maximum Gasteiger partial charge on any atom is 0.433 e. The lowest BCUT2D eigenvalue weighted by molar-refractivity contribution is -0.149. The van der Waals surface area contributed by atoms with Crippen molar-refractivity contribution in [1.82, 2.24) is 9.78 Å². The number of hydrogen-bond donors (Lipinski definition) is 0. The van der Waals surface area contributed by atoms with Crippen LogP contribution in [0.25, 0.3) is 22.4 Å². The van der Waals surface area contributed by atoms with Gasteiger partial charge in [-0.25, -0.2) is 17.5 Å². The summed E-state index contributed by atoms with van der Waals surface area (Å²) < 4.78 is 85.5. The van der Waals surface area contributed by atoms with Crippen LogP contribution in [-0.2, 0) is 32.1 Å². The van der Waals surface area contributed by atoms with E-state index in [1.54, 1.807) is 0 Å². The summed E-state index contributed by atoms with van der Waals surface area (Å²) in [7, 11) is -3.54. The summed E-state index contributed by atoms with van der Waals surface area (Å²) in [5.74, 6) is -1.64. The number of alkyl halides is 3. The molecule has 0 fully saturated rings. The maximum absolute atomic E-state index is 14.3. The minimum Gasteiger partial charge on any atom is -0.465 e. The summed E-state index contributed by atoms with van der Waals surface area (Å²) in [6, 6.07) is 8.72. The number of carbonyl (C=O) groups is 1. The van der Waals surface area contributed by atoms with E-state index in [2.05, 4.69) is 5.10 Å². The molecule has 0 aliphatic heterocycles. The first-order valence-corrected chi connectivity index (χ1v) is 11.6. The molecule has 2 aromatic carbocycles. The first kappa shape index (κ1) is 24.4. The smallest absolute Gasteiger partial charge is 0.433 e. The fraction of sp³-hybridized carbons (Fsp3) is 0.273. The topological polar surface area (TPSA) is 78.3 Å². The fourth-order valence-electron chi connectivity index (χ4n) is 3.28. The van der Waals surface area contributed by atoms with Gasteiger partial charge in [-0.3, -0.25) is 4.79 Å². The molecule has 1 aromatic heterocycles. The summed E-state index contributed by atoms with van der Waals surface area (Å²) in [5, 5.41) is 4.01. The first-order chi connectivity index (χ1) is 15.3. The van der Waals surface area contributed by atoms with Gasteiger partial charge in [-0.1, -0.05) is 24.3 Å². The van der Waals surface area contributed by atoms with Gasteiger partial charge in [0.05, 0.1) is 11.5 Å². The zero-order chi connectivity index (χ0) is 24.6. The molecule has 1 heterocycles. The third kappa shape index (κ3) is 5.24. The number of rotatable bonds is 6. The Morgan fingerprint density at radius 1 is 1.09 bits per heavy atom. The second kappa shape index (κ2) is 8.97. The van der Waals surface area contributed by atoms with Crippen molar-refractivity contribution < 1.29 is 35.5 Å². The second-order valence-electron chi connectivity index (χ2n) is 7.29. The highest BCUT2D eigenvalue weighted by molar-refractivity contribution is 7.90.